The molecule has 0 fully saturated rings. The van der Waals surface area contributed by atoms with Crippen molar-refractivity contribution in [3.05, 3.63) is 52.8 Å². The predicted octanol–water partition coefficient (Wildman–Crippen LogP) is 3.85. The average molecular weight is 288 g/mol. The molecule has 0 radical (unpaired) electrons. The second-order valence-electron chi connectivity index (χ2n) is 5.59. The molecule has 0 saturated heterocycles. The van der Waals surface area contributed by atoms with E-state index in [1.807, 2.05) is 0 Å². The highest BCUT2D eigenvalue weighted by molar-refractivity contribution is 5.74. The first-order chi connectivity index (χ1) is 9.76. The zero-order chi connectivity index (χ0) is 15.6. The van der Waals surface area contributed by atoms with Crippen LogP contribution in [0.3, 0.4) is 0 Å². The van der Waals surface area contributed by atoms with Crippen LogP contribution in [0.2, 0.25) is 0 Å². The van der Waals surface area contributed by atoms with Gasteiger partial charge in [0, 0.05) is 24.5 Å². The standard InChI is InChI=1S/C15H16N2O4/c1-15(2,3)21-14(18)16-9-8-12(10-16)11-4-6-13(7-5-11)17(19)20/h4-10H,1-3H3. The third-order valence-electron chi connectivity index (χ3n) is 2.71. The van der Waals surface area contributed by atoms with E-state index in [0.29, 0.717) is 0 Å². The van der Waals surface area contributed by atoms with E-state index in [4.69, 9.17) is 4.74 Å². The number of aromatic nitrogens is 1. The van der Waals surface area contributed by atoms with E-state index in [1.54, 1.807) is 51.4 Å². The van der Waals surface area contributed by atoms with Gasteiger partial charge in [0.25, 0.3) is 5.69 Å². The van der Waals surface area contributed by atoms with Crippen LogP contribution in [0, 0.1) is 10.1 Å². The van der Waals surface area contributed by atoms with Crippen molar-refractivity contribution in [3.63, 3.8) is 0 Å². The molecule has 1 heterocycles. The molecule has 0 amide bonds. The van der Waals surface area contributed by atoms with Crippen molar-refractivity contribution in [3.8, 4) is 11.1 Å². The van der Waals surface area contributed by atoms with E-state index in [0.717, 1.165) is 11.1 Å². The number of hydrogen-bond acceptors (Lipinski definition) is 4. The average Bonchev–Trinajstić information content (AvgIpc) is 2.86. The highest BCUT2D eigenvalue weighted by atomic mass is 16.6. The topological polar surface area (TPSA) is 74.4 Å². The number of carbonyl (C=O) groups excluding carboxylic acids is 1. The van der Waals surface area contributed by atoms with Gasteiger partial charge in [-0.25, -0.2) is 4.79 Å². The van der Waals surface area contributed by atoms with E-state index in [1.165, 1.54) is 16.7 Å². The van der Waals surface area contributed by atoms with Crippen LogP contribution in [0.5, 0.6) is 0 Å². The van der Waals surface area contributed by atoms with Crippen LogP contribution in [0.15, 0.2) is 42.7 Å². The van der Waals surface area contributed by atoms with Gasteiger partial charge < -0.3 is 4.74 Å². The molecule has 0 aliphatic carbocycles. The third kappa shape index (κ3) is 3.68. The van der Waals surface area contributed by atoms with Gasteiger partial charge in [-0.1, -0.05) is 0 Å². The van der Waals surface area contributed by atoms with Gasteiger partial charge in [0.2, 0.25) is 0 Å². The summed E-state index contributed by atoms with van der Waals surface area (Å²) in [7, 11) is 0. The highest BCUT2D eigenvalue weighted by Crippen LogP contribution is 2.23. The molecule has 0 atom stereocenters. The SMILES string of the molecule is CC(C)(C)OC(=O)n1ccc(-c2ccc([N+](=O)[O-])cc2)c1. The summed E-state index contributed by atoms with van der Waals surface area (Å²) in [5, 5.41) is 10.6. The number of rotatable bonds is 2. The van der Waals surface area contributed by atoms with E-state index in [2.05, 4.69) is 0 Å². The van der Waals surface area contributed by atoms with Gasteiger partial charge in [-0.15, -0.1) is 0 Å². The van der Waals surface area contributed by atoms with Gasteiger partial charge in [-0.3, -0.25) is 14.7 Å². The predicted molar refractivity (Wildman–Crippen MR) is 78.2 cm³/mol. The maximum atomic E-state index is 11.9. The lowest BCUT2D eigenvalue weighted by Gasteiger charge is -2.19. The molecule has 0 unspecified atom stereocenters. The molecule has 1 aromatic carbocycles. The van der Waals surface area contributed by atoms with Gasteiger partial charge >= 0.3 is 6.09 Å². The molecule has 1 aromatic heterocycles. The maximum absolute atomic E-state index is 11.9. The van der Waals surface area contributed by atoms with Crippen LogP contribution in [-0.4, -0.2) is 21.2 Å². The molecule has 0 N–H and O–H groups in total. The fourth-order valence-corrected chi connectivity index (χ4v) is 1.77. The van der Waals surface area contributed by atoms with E-state index in [9.17, 15) is 14.9 Å². The first-order valence-electron chi connectivity index (χ1n) is 6.42. The summed E-state index contributed by atoms with van der Waals surface area (Å²) in [6, 6.07) is 7.91. The van der Waals surface area contributed by atoms with Crippen molar-refractivity contribution in [1.82, 2.24) is 4.57 Å². The Labute approximate surface area is 122 Å². The van der Waals surface area contributed by atoms with Gasteiger partial charge in [0.1, 0.15) is 5.60 Å². The lowest BCUT2D eigenvalue weighted by atomic mass is 10.1. The maximum Gasteiger partial charge on any atom is 0.418 e. The van der Waals surface area contributed by atoms with Crippen molar-refractivity contribution in [2.24, 2.45) is 0 Å². The van der Waals surface area contributed by atoms with E-state index >= 15 is 0 Å². The van der Waals surface area contributed by atoms with E-state index < -0.39 is 16.6 Å². The molecule has 2 aromatic rings. The third-order valence-corrected chi connectivity index (χ3v) is 2.71. The molecule has 0 saturated carbocycles. The molecule has 6 heteroatoms. The van der Waals surface area contributed by atoms with Crippen LogP contribution in [0.25, 0.3) is 11.1 Å². The Kier molecular flexibility index (Phi) is 3.80. The normalized spacial score (nSPS) is 11.2. The Balaban J connectivity index is 2.19. The number of ether oxygens (including phenoxy) is 1. The molecule has 2 rings (SSSR count). The monoisotopic (exact) mass is 288 g/mol. The first kappa shape index (κ1) is 14.8. The number of nitrogens with zero attached hydrogens (tertiary/aromatic N) is 2. The minimum absolute atomic E-state index is 0.0327. The van der Waals surface area contributed by atoms with Crippen molar-refractivity contribution in [2.45, 2.75) is 26.4 Å². The Morgan fingerprint density at radius 2 is 1.76 bits per heavy atom. The summed E-state index contributed by atoms with van der Waals surface area (Å²) < 4.78 is 6.61. The fraction of sp³-hybridized carbons (Fsp3) is 0.267. The molecular weight excluding hydrogens is 272 g/mol. The van der Waals surface area contributed by atoms with E-state index in [-0.39, 0.29) is 5.69 Å². The van der Waals surface area contributed by atoms with Crippen molar-refractivity contribution in [2.75, 3.05) is 0 Å². The van der Waals surface area contributed by atoms with Gasteiger partial charge in [0.15, 0.2) is 0 Å². The minimum atomic E-state index is -0.561. The molecule has 0 aliphatic rings. The summed E-state index contributed by atoms with van der Waals surface area (Å²) in [6.07, 6.45) is 2.77. The number of nitro benzene ring substituents is 1. The second kappa shape index (κ2) is 5.40. The second-order valence-corrected chi connectivity index (χ2v) is 5.59. The Morgan fingerprint density at radius 1 is 1.14 bits per heavy atom. The highest BCUT2D eigenvalue weighted by Gasteiger charge is 2.17. The number of hydrogen-bond donors (Lipinski definition) is 0. The zero-order valence-corrected chi connectivity index (χ0v) is 12.1. The molecular formula is C15H16N2O4. The summed E-state index contributed by atoms with van der Waals surface area (Å²) in [5.41, 5.74) is 1.05. The molecule has 0 bridgehead atoms. The summed E-state index contributed by atoms with van der Waals surface area (Å²) in [4.78, 5) is 22.1. The number of carbonyl (C=O) groups is 1. The lowest BCUT2D eigenvalue weighted by molar-refractivity contribution is -0.384. The summed E-state index contributed by atoms with van der Waals surface area (Å²) in [5.74, 6) is 0. The number of non-ortho nitro benzene ring substituents is 1. The quantitative estimate of drug-likeness (QED) is 0.621. The van der Waals surface area contributed by atoms with Crippen LogP contribution >= 0.6 is 0 Å². The lowest BCUT2D eigenvalue weighted by Crippen LogP contribution is -2.26. The van der Waals surface area contributed by atoms with Crippen LogP contribution in [0.1, 0.15) is 20.8 Å². The molecule has 0 aliphatic heterocycles. The summed E-state index contributed by atoms with van der Waals surface area (Å²) >= 11 is 0. The van der Waals surface area contributed by atoms with Gasteiger partial charge in [0.05, 0.1) is 4.92 Å². The minimum Gasteiger partial charge on any atom is -0.443 e. The molecule has 110 valence electrons. The van der Waals surface area contributed by atoms with Crippen molar-refractivity contribution < 1.29 is 14.5 Å². The Hall–Kier alpha value is -2.63. The Morgan fingerprint density at radius 3 is 2.29 bits per heavy atom. The first-order valence-corrected chi connectivity index (χ1v) is 6.42. The largest absolute Gasteiger partial charge is 0.443 e. The molecule has 0 spiro atoms. The molecule has 6 nitrogen and oxygen atoms in total. The van der Waals surface area contributed by atoms with Crippen LogP contribution in [-0.2, 0) is 4.74 Å². The Bertz CT molecular complexity index is 666. The zero-order valence-electron chi connectivity index (χ0n) is 12.1. The fourth-order valence-electron chi connectivity index (χ4n) is 1.77. The summed E-state index contributed by atoms with van der Waals surface area (Å²) in [6.45, 7) is 5.39. The van der Waals surface area contributed by atoms with Gasteiger partial charge in [-0.05, 0) is 50.1 Å². The molecule has 21 heavy (non-hydrogen) atoms. The smallest absolute Gasteiger partial charge is 0.418 e. The van der Waals surface area contributed by atoms with Crippen LogP contribution < -0.4 is 0 Å². The van der Waals surface area contributed by atoms with Crippen molar-refractivity contribution >= 4 is 11.8 Å². The van der Waals surface area contributed by atoms with Crippen molar-refractivity contribution in [1.29, 1.82) is 0 Å². The number of nitro groups is 1. The van der Waals surface area contributed by atoms with Gasteiger partial charge in [-0.2, -0.15) is 0 Å². The van der Waals surface area contributed by atoms with Crippen LogP contribution in [0.4, 0.5) is 10.5 Å². The number of benzene rings is 1.